The summed E-state index contributed by atoms with van der Waals surface area (Å²) in [6, 6.07) is 6.37. The quantitative estimate of drug-likeness (QED) is 0.724. The topological polar surface area (TPSA) is 26.3 Å². The fourth-order valence-corrected chi connectivity index (χ4v) is 2.37. The summed E-state index contributed by atoms with van der Waals surface area (Å²) in [5, 5.41) is 0. The van der Waals surface area contributed by atoms with E-state index < -0.39 is 5.60 Å². The highest BCUT2D eigenvalue weighted by Crippen LogP contribution is 2.34. The lowest BCUT2D eigenvalue weighted by molar-refractivity contribution is -0.138. The number of rotatable bonds is 1. The van der Waals surface area contributed by atoms with Crippen molar-refractivity contribution < 1.29 is 9.53 Å². The maximum Gasteiger partial charge on any atom is 0.138 e. The molecule has 1 heterocycles. The molecule has 0 saturated carbocycles. The Morgan fingerprint density at radius 2 is 1.81 bits per heavy atom. The Morgan fingerprint density at radius 1 is 1.19 bits per heavy atom. The molecule has 0 radical (unpaired) electrons. The molecule has 0 amide bonds. The fraction of sp³-hybridized carbons (Fsp3) is 0.500. The maximum absolute atomic E-state index is 11.5. The van der Waals surface area contributed by atoms with Crippen molar-refractivity contribution in [3.63, 3.8) is 0 Å². The predicted octanol–water partition coefficient (Wildman–Crippen LogP) is 2.90. The first-order valence-electron chi connectivity index (χ1n) is 5.74. The van der Waals surface area contributed by atoms with Gasteiger partial charge in [0.05, 0.1) is 12.2 Å². The van der Waals surface area contributed by atoms with Gasteiger partial charge < -0.3 is 4.74 Å². The smallest absolute Gasteiger partial charge is 0.138 e. The van der Waals surface area contributed by atoms with Gasteiger partial charge in [-0.25, -0.2) is 0 Å². The molecule has 1 atom stereocenters. The van der Waals surface area contributed by atoms with Crippen molar-refractivity contribution in [1.82, 2.24) is 0 Å². The SMILES string of the molecule is Cc1cc(C)cc(C2(C)CC(=O)CCO2)c1. The minimum atomic E-state index is -0.424. The van der Waals surface area contributed by atoms with E-state index in [1.807, 2.05) is 6.92 Å². The van der Waals surface area contributed by atoms with Crippen molar-refractivity contribution in [2.75, 3.05) is 6.61 Å². The zero-order chi connectivity index (χ0) is 11.8. The summed E-state index contributed by atoms with van der Waals surface area (Å²) in [6.07, 6.45) is 1.05. The second-order valence-corrected chi connectivity index (χ2v) is 4.92. The summed E-state index contributed by atoms with van der Waals surface area (Å²) in [5.41, 5.74) is 3.14. The number of carbonyl (C=O) groups is 1. The number of ether oxygens (including phenoxy) is 1. The lowest BCUT2D eigenvalue weighted by Crippen LogP contribution is -2.34. The molecule has 16 heavy (non-hydrogen) atoms. The third kappa shape index (κ3) is 2.17. The number of Topliss-reactive ketones (excluding diaryl/α,β-unsaturated/α-hetero) is 1. The van der Waals surface area contributed by atoms with Crippen molar-refractivity contribution in [2.45, 2.75) is 39.2 Å². The van der Waals surface area contributed by atoms with Crippen LogP contribution in [0.5, 0.6) is 0 Å². The van der Waals surface area contributed by atoms with Crippen LogP contribution in [-0.2, 0) is 15.1 Å². The van der Waals surface area contributed by atoms with E-state index in [4.69, 9.17) is 4.74 Å². The van der Waals surface area contributed by atoms with Crippen LogP contribution < -0.4 is 0 Å². The third-order valence-corrected chi connectivity index (χ3v) is 3.17. The monoisotopic (exact) mass is 218 g/mol. The highest BCUT2D eigenvalue weighted by molar-refractivity contribution is 5.80. The van der Waals surface area contributed by atoms with Gasteiger partial charge in [0.25, 0.3) is 0 Å². The first-order chi connectivity index (χ1) is 7.49. The number of ketones is 1. The van der Waals surface area contributed by atoms with E-state index in [9.17, 15) is 4.79 Å². The lowest BCUT2D eigenvalue weighted by Gasteiger charge is -2.34. The summed E-state index contributed by atoms with van der Waals surface area (Å²) < 4.78 is 5.81. The van der Waals surface area contributed by atoms with E-state index in [2.05, 4.69) is 32.0 Å². The van der Waals surface area contributed by atoms with Gasteiger partial charge >= 0.3 is 0 Å². The van der Waals surface area contributed by atoms with Crippen LogP contribution in [0.15, 0.2) is 18.2 Å². The molecule has 1 fully saturated rings. The number of benzene rings is 1. The van der Waals surface area contributed by atoms with Gasteiger partial charge in [-0.05, 0) is 26.3 Å². The second kappa shape index (κ2) is 4.02. The Kier molecular flexibility index (Phi) is 2.85. The van der Waals surface area contributed by atoms with Crippen LogP contribution in [0.3, 0.4) is 0 Å². The van der Waals surface area contributed by atoms with Gasteiger partial charge in [0.15, 0.2) is 0 Å². The molecule has 0 bridgehead atoms. The highest BCUT2D eigenvalue weighted by Gasteiger charge is 2.34. The van der Waals surface area contributed by atoms with Gasteiger partial charge in [0.1, 0.15) is 5.78 Å². The molecule has 2 rings (SSSR count). The maximum atomic E-state index is 11.5. The summed E-state index contributed by atoms with van der Waals surface area (Å²) in [7, 11) is 0. The first-order valence-corrected chi connectivity index (χ1v) is 5.74. The molecule has 0 aliphatic carbocycles. The molecule has 1 aromatic carbocycles. The van der Waals surface area contributed by atoms with Crippen LogP contribution in [0, 0.1) is 13.8 Å². The number of aryl methyl sites for hydroxylation is 2. The van der Waals surface area contributed by atoms with Gasteiger partial charge in [-0.15, -0.1) is 0 Å². The van der Waals surface area contributed by atoms with Gasteiger partial charge in [-0.2, -0.15) is 0 Å². The van der Waals surface area contributed by atoms with Crippen molar-refractivity contribution >= 4 is 5.78 Å². The molecule has 1 aliphatic heterocycles. The summed E-state index contributed by atoms with van der Waals surface area (Å²) in [5.74, 6) is 0.299. The average Bonchev–Trinajstić information content (AvgIpc) is 2.15. The third-order valence-electron chi connectivity index (χ3n) is 3.17. The van der Waals surface area contributed by atoms with Crippen LogP contribution >= 0.6 is 0 Å². The lowest BCUT2D eigenvalue weighted by atomic mass is 9.86. The van der Waals surface area contributed by atoms with Crippen molar-refractivity contribution in [2.24, 2.45) is 0 Å². The Balaban J connectivity index is 2.37. The van der Waals surface area contributed by atoms with E-state index >= 15 is 0 Å². The van der Waals surface area contributed by atoms with Gasteiger partial charge in [-0.3, -0.25) is 4.79 Å². The van der Waals surface area contributed by atoms with Crippen LogP contribution in [0.2, 0.25) is 0 Å². The Hall–Kier alpha value is -1.15. The zero-order valence-electron chi connectivity index (χ0n) is 10.2. The van der Waals surface area contributed by atoms with Gasteiger partial charge in [0.2, 0.25) is 0 Å². The molecule has 1 aromatic rings. The summed E-state index contributed by atoms with van der Waals surface area (Å²) >= 11 is 0. The molecule has 2 nitrogen and oxygen atoms in total. The van der Waals surface area contributed by atoms with Crippen molar-refractivity contribution in [1.29, 1.82) is 0 Å². The van der Waals surface area contributed by atoms with Gasteiger partial charge in [0, 0.05) is 12.8 Å². The summed E-state index contributed by atoms with van der Waals surface area (Å²) in [6.45, 7) is 6.70. The van der Waals surface area contributed by atoms with E-state index in [-0.39, 0.29) is 0 Å². The Labute approximate surface area is 96.6 Å². The van der Waals surface area contributed by atoms with Crippen LogP contribution in [0.1, 0.15) is 36.5 Å². The fourth-order valence-electron chi connectivity index (χ4n) is 2.37. The standard InChI is InChI=1S/C14H18O2/c1-10-6-11(2)8-12(7-10)14(3)9-13(15)4-5-16-14/h6-8H,4-5,9H2,1-3H3. The Morgan fingerprint density at radius 3 is 2.38 bits per heavy atom. The molecule has 0 N–H and O–H groups in total. The van der Waals surface area contributed by atoms with E-state index in [1.165, 1.54) is 11.1 Å². The minimum Gasteiger partial charge on any atom is -0.370 e. The Bertz CT molecular complexity index is 402. The van der Waals surface area contributed by atoms with E-state index in [0.717, 1.165) is 5.56 Å². The highest BCUT2D eigenvalue weighted by atomic mass is 16.5. The molecule has 2 heteroatoms. The molecular weight excluding hydrogens is 200 g/mol. The molecule has 0 spiro atoms. The first kappa shape index (κ1) is 11.3. The number of carbonyl (C=O) groups excluding carboxylic acids is 1. The van der Waals surface area contributed by atoms with E-state index in [0.29, 0.717) is 25.2 Å². The van der Waals surface area contributed by atoms with Crippen LogP contribution in [-0.4, -0.2) is 12.4 Å². The normalized spacial score (nSPS) is 25.8. The molecule has 0 aromatic heterocycles. The second-order valence-electron chi connectivity index (χ2n) is 4.92. The zero-order valence-corrected chi connectivity index (χ0v) is 10.2. The molecule has 1 saturated heterocycles. The average molecular weight is 218 g/mol. The van der Waals surface area contributed by atoms with Crippen molar-refractivity contribution in [3.05, 3.63) is 34.9 Å². The van der Waals surface area contributed by atoms with Crippen molar-refractivity contribution in [3.8, 4) is 0 Å². The van der Waals surface area contributed by atoms with E-state index in [1.54, 1.807) is 0 Å². The number of hydrogen-bond acceptors (Lipinski definition) is 2. The number of hydrogen-bond donors (Lipinski definition) is 0. The summed E-state index contributed by atoms with van der Waals surface area (Å²) in [4.78, 5) is 11.5. The largest absolute Gasteiger partial charge is 0.370 e. The molecule has 86 valence electrons. The molecule has 1 unspecified atom stereocenters. The molecular formula is C14H18O2. The predicted molar refractivity (Wildman–Crippen MR) is 63.5 cm³/mol. The molecule has 1 aliphatic rings. The van der Waals surface area contributed by atoms with Crippen LogP contribution in [0.4, 0.5) is 0 Å². The van der Waals surface area contributed by atoms with Crippen LogP contribution in [0.25, 0.3) is 0 Å². The van der Waals surface area contributed by atoms with Gasteiger partial charge in [-0.1, -0.05) is 29.3 Å². The minimum absolute atomic E-state index is 0.299.